The fourth-order valence-electron chi connectivity index (χ4n) is 3.71. The summed E-state index contributed by atoms with van der Waals surface area (Å²) in [5.41, 5.74) is -0.325. The maximum absolute atomic E-state index is 12.6. The molecule has 3 unspecified atom stereocenters. The van der Waals surface area contributed by atoms with Crippen molar-refractivity contribution in [1.29, 1.82) is 0 Å². The number of fused-ring (bicyclic) bond motifs is 1. The molecule has 3 rings (SSSR count). The van der Waals surface area contributed by atoms with Crippen molar-refractivity contribution in [2.75, 3.05) is 13.6 Å². The molecule has 3 aliphatic rings. The second-order valence-corrected chi connectivity index (χ2v) is 9.29. The van der Waals surface area contributed by atoms with Crippen molar-refractivity contribution >= 4 is 22.0 Å². The summed E-state index contributed by atoms with van der Waals surface area (Å²) in [6.07, 6.45) is 8.16. The van der Waals surface area contributed by atoms with Gasteiger partial charge in [0.25, 0.3) is 0 Å². The summed E-state index contributed by atoms with van der Waals surface area (Å²) in [6.45, 7) is 2.02. The highest BCUT2D eigenvalue weighted by Crippen LogP contribution is 2.39. The first-order chi connectivity index (χ1) is 11.2. The minimum atomic E-state index is -3.48. The van der Waals surface area contributed by atoms with Crippen LogP contribution in [0.15, 0.2) is 0 Å². The number of carbonyl (C=O) groups is 2. The number of nitrogens with zero attached hydrogens (tertiary/aromatic N) is 2. The third kappa shape index (κ3) is 2.91. The zero-order valence-electron chi connectivity index (χ0n) is 14.0. The monoisotopic (exact) mass is 353 g/mol. The number of imide groups is 1. The van der Waals surface area contributed by atoms with Crippen LogP contribution in [0.1, 0.15) is 39.0 Å². The van der Waals surface area contributed by atoms with E-state index in [9.17, 15) is 18.0 Å². The largest absolute Gasteiger partial charge is 0.327 e. The van der Waals surface area contributed by atoms with E-state index in [0.717, 1.165) is 17.7 Å². The number of urea groups is 1. The Bertz CT molecular complexity index is 707. The van der Waals surface area contributed by atoms with E-state index in [1.54, 1.807) is 0 Å². The Kier molecular flexibility index (Phi) is 4.12. The molecule has 0 spiro atoms. The van der Waals surface area contributed by atoms with Crippen molar-refractivity contribution in [3.63, 3.8) is 0 Å². The van der Waals surface area contributed by atoms with Crippen molar-refractivity contribution < 1.29 is 18.0 Å². The first kappa shape index (κ1) is 17.2. The molecule has 2 saturated carbocycles. The van der Waals surface area contributed by atoms with Gasteiger partial charge in [-0.15, -0.1) is 6.42 Å². The van der Waals surface area contributed by atoms with Gasteiger partial charge in [-0.3, -0.25) is 9.69 Å². The molecule has 24 heavy (non-hydrogen) atoms. The van der Waals surface area contributed by atoms with Crippen LogP contribution in [0.5, 0.6) is 0 Å². The van der Waals surface area contributed by atoms with E-state index in [0.29, 0.717) is 12.8 Å². The average molecular weight is 353 g/mol. The number of hydrogen-bond acceptors (Lipinski definition) is 4. The first-order valence-electron chi connectivity index (χ1n) is 8.23. The normalized spacial score (nSPS) is 32.3. The zero-order chi connectivity index (χ0) is 17.7. The highest BCUT2D eigenvalue weighted by Gasteiger charge is 2.51. The molecule has 1 aliphatic heterocycles. The third-order valence-electron chi connectivity index (χ3n) is 5.44. The van der Waals surface area contributed by atoms with Gasteiger partial charge < -0.3 is 4.90 Å². The second-order valence-electron chi connectivity index (χ2n) is 7.33. The molecule has 3 fully saturated rings. The van der Waals surface area contributed by atoms with Crippen molar-refractivity contribution in [1.82, 2.24) is 14.5 Å². The molecule has 3 atom stereocenters. The molecule has 0 aromatic heterocycles. The van der Waals surface area contributed by atoms with Gasteiger partial charge >= 0.3 is 6.03 Å². The summed E-state index contributed by atoms with van der Waals surface area (Å²) in [5, 5.41) is -0.602. The van der Waals surface area contributed by atoms with Crippen LogP contribution >= 0.6 is 0 Å². The van der Waals surface area contributed by atoms with E-state index in [1.165, 1.54) is 11.9 Å². The average Bonchev–Trinajstić information content (AvgIpc) is 3.25. The van der Waals surface area contributed by atoms with E-state index < -0.39 is 27.2 Å². The maximum Gasteiger partial charge on any atom is 0.327 e. The molecule has 1 N–H and O–H groups in total. The Morgan fingerprint density at radius 3 is 2.58 bits per heavy atom. The molecule has 8 heteroatoms. The van der Waals surface area contributed by atoms with Crippen molar-refractivity contribution in [3.8, 4) is 12.3 Å². The summed E-state index contributed by atoms with van der Waals surface area (Å²) in [5.74, 6) is 1.63. The summed E-state index contributed by atoms with van der Waals surface area (Å²) in [7, 11) is -2.06. The number of carbonyl (C=O) groups excluding carboxylic acids is 2. The fraction of sp³-hybridized carbons (Fsp3) is 0.750. The molecular formula is C16H23N3O4S. The Labute approximate surface area is 142 Å². The topological polar surface area (TPSA) is 86.8 Å². The number of nitrogens with one attached hydrogen (secondary N) is 1. The zero-order valence-corrected chi connectivity index (χ0v) is 14.8. The summed E-state index contributed by atoms with van der Waals surface area (Å²) in [4.78, 5) is 27.3. The lowest BCUT2D eigenvalue weighted by molar-refractivity contribution is -0.138. The van der Waals surface area contributed by atoms with Crippen LogP contribution in [0.2, 0.25) is 0 Å². The van der Waals surface area contributed by atoms with Crippen LogP contribution in [-0.2, 0) is 14.8 Å². The van der Waals surface area contributed by atoms with E-state index in [1.807, 2.05) is 6.92 Å². The SMILES string of the molecule is C#CCN1C(=O)N(C)C(=O)C2CC(S(=O)(=O)NC3(C)CC3)CCC21. The molecule has 0 radical (unpaired) electrons. The van der Waals surface area contributed by atoms with Gasteiger partial charge in [0.1, 0.15) is 0 Å². The van der Waals surface area contributed by atoms with Crippen molar-refractivity contribution in [2.24, 2.45) is 5.92 Å². The predicted octanol–water partition coefficient (Wildman–Crippen LogP) is 0.523. The van der Waals surface area contributed by atoms with Gasteiger partial charge in [0, 0.05) is 18.6 Å². The van der Waals surface area contributed by atoms with Crippen LogP contribution < -0.4 is 4.72 Å². The van der Waals surface area contributed by atoms with E-state index in [2.05, 4.69) is 10.6 Å². The molecule has 3 amide bonds. The summed E-state index contributed by atoms with van der Waals surface area (Å²) in [6, 6.07) is -0.704. The van der Waals surface area contributed by atoms with Gasteiger partial charge in [-0.2, -0.15) is 0 Å². The number of amides is 3. The quantitative estimate of drug-likeness (QED) is 0.747. The Balaban J connectivity index is 1.80. The van der Waals surface area contributed by atoms with Gasteiger partial charge in [-0.1, -0.05) is 5.92 Å². The van der Waals surface area contributed by atoms with Gasteiger partial charge in [0.05, 0.1) is 17.7 Å². The molecule has 7 nitrogen and oxygen atoms in total. The second kappa shape index (κ2) is 5.74. The highest BCUT2D eigenvalue weighted by molar-refractivity contribution is 7.90. The van der Waals surface area contributed by atoms with Crippen LogP contribution in [0.4, 0.5) is 4.79 Å². The van der Waals surface area contributed by atoms with Crippen LogP contribution in [-0.4, -0.2) is 60.6 Å². The molecular weight excluding hydrogens is 330 g/mol. The van der Waals surface area contributed by atoms with Crippen LogP contribution in [0.3, 0.4) is 0 Å². The summed E-state index contributed by atoms with van der Waals surface area (Å²) >= 11 is 0. The van der Waals surface area contributed by atoms with E-state index >= 15 is 0 Å². The molecule has 1 saturated heterocycles. The molecule has 0 bridgehead atoms. The lowest BCUT2D eigenvalue weighted by Gasteiger charge is -2.46. The third-order valence-corrected chi connectivity index (χ3v) is 7.52. The van der Waals surface area contributed by atoms with Gasteiger partial charge in [-0.25, -0.2) is 17.9 Å². The number of terminal acetylenes is 1. The van der Waals surface area contributed by atoms with Crippen molar-refractivity contribution in [3.05, 3.63) is 0 Å². The van der Waals surface area contributed by atoms with Gasteiger partial charge in [-0.05, 0) is 39.0 Å². The van der Waals surface area contributed by atoms with E-state index in [4.69, 9.17) is 6.42 Å². The minimum Gasteiger partial charge on any atom is -0.309 e. The molecule has 132 valence electrons. The Morgan fingerprint density at radius 2 is 2.00 bits per heavy atom. The van der Waals surface area contributed by atoms with Crippen molar-refractivity contribution in [2.45, 2.75) is 55.9 Å². The minimum absolute atomic E-state index is 0.130. The summed E-state index contributed by atoms with van der Waals surface area (Å²) < 4.78 is 28.0. The smallest absolute Gasteiger partial charge is 0.309 e. The molecule has 0 aromatic carbocycles. The lowest BCUT2D eigenvalue weighted by atomic mass is 9.81. The van der Waals surface area contributed by atoms with E-state index in [-0.39, 0.29) is 30.5 Å². The fourth-order valence-corrected chi connectivity index (χ4v) is 5.68. The predicted molar refractivity (Wildman–Crippen MR) is 88.3 cm³/mol. The standard InChI is InChI=1S/C16H23N3O4S/c1-4-9-19-13-6-5-11(24(22,23)17-16(2)7-8-16)10-12(13)14(20)18(3)15(19)21/h1,11-13,17H,5-10H2,2-3H3. The first-order valence-corrected chi connectivity index (χ1v) is 9.77. The number of rotatable bonds is 4. The van der Waals surface area contributed by atoms with Gasteiger partial charge in [0.15, 0.2) is 0 Å². The molecule has 2 aliphatic carbocycles. The lowest BCUT2D eigenvalue weighted by Crippen LogP contribution is -2.63. The Hall–Kier alpha value is -1.59. The maximum atomic E-state index is 12.6. The molecule has 0 aromatic rings. The van der Waals surface area contributed by atoms with Crippen LogP contribution in [0, 0.1) is 18.3 Å². The highest BCUT2D eigenvalue weighted by atomic mass is 32.2. The number of sulfonamides is 1. The van der Waals surface area contributed by atoms with Crippen LogP contribution in [0.25, 0.3) is 0 Å². The number of hydrogen-bond donors (Lipinski definition) is 1. The Morgan fingerprint density at radius 1 is 1.33 bits per heavy atom. The van der Waals surface area contributed by atoms with Gasteiger partial charge in [0.2, 0.25) is 15.9 Å². The molecule has 1 heterocycles.